The topological polar surface area (TPSA) is 46.3 Å². The summed E-state index contributed by atoms with van der Waals surface area (Å²) in [6.45, 7) is 0.722. The molecular formula is C17H19BrN2O. The molecule has 110 valence electrons. The van der Waals surface area contributed by atoms with Gasteiger partial charge in [-0.2, -0.15) is 0 Å². The molecule has 21 heavy (non-hydrogen) atoms. The van der Waals surface area contributed by atoms with Crippen LogP contribution in [-0.4, -0.2) is 24.4 Å². The first-order valence-corrected chi connectivity index (χ1v) is 7.71. The first kappa shape index (κ1) is 15.6. The van der Waals surface area contributed by atoms with Gasteiger partial charge in [0.1, 0.15) is 0 Å². The van der Waals surface area contributed by atoms with E-state index in [9.17, 15) is 4.79 Å². The monoisotopic (exact) mass is 346 g/mol. The maximum atomic E-state index is 12.3. The molecule has 0 heterocycles. The van der Waals surface area contributed by atoms with Crippen LogP contribution >= 0.6 is 15.9 Å². The highest BCUT2D eigenvalue weighted by molar-refractivity contribution is 9.10. The van der Waals surface area contributed by atoms with Crippen LogP contribution in [0, 0.1) is 0 Å². The summed E-state index contributed by atoms with van der Waals surface area (Å²) in [5, 5.41) is 0. The van der Waals surface area contributed by atoms with Gasteiger partial charge in [-0.05, 0) is 36.6 Å². The van der Waals surface area contributed by atoms with E-state index in [1.54, 1.807) is 23.1 Å². The third kappa shape index (κ3) is 4.60. The molecule has 0 saturated heterocycles. The number of anilines is 1. The van der Waals surface area contributed by atoms with Crippen LogP contribution in [0.25, 0.3) is 0 Å². The molecule has 0 fully saturated rings. The van der Waals surface area contributed by atoms with Gasteiger partial charge >= 0.3 is 0 Å². The van der Waals surface area contributed by atoms with Crippen LogP contribution in [0.3, 0.4) is 0 Å². The SMILES string of the molecule is CN(CCCc1ccccc1)C(=O)c1cc(N)cc(Br)c1. The smallest absolute Gasteiger partial charge is 0.253 e. The Labute approximate surface area is 133 Å². The molecule has 3 nitrogen and oxygen atoms in total. The lowest BCUT2D eigenvalue weighted by atomic mass is 10.1. The standard InChI is InChI=1S/C17H19BrN2O/c1-20(9-5-8-13-6-3-2-4-7-13)17(21)14-10-15(18)12-16(19)11-14/h2-4,6-7,10-12H,5,8-9,19H2,1H3. The Kier molecular flexibility index (Phi) is 5.39. The molecule has 0 saturated carbocycles. The van der Waals surface area contributed by atoms with Gasteiger partial charge in [-0.3, -0.25) is 4.79 Å². The first-order valence-electron chi connectivity index (χ1n) is 6.92. The zero-order valence-electron chi connectivity index (χ0n) is 12.1. The summed E-state index contributed by atoms with van der Waals surface area (Å²) in [5.41, 5.74) is 8.27. The predicted octanol–water partition coefficient (Wildman–Crippen LogP) is 3.74. The van der Waals surface area contributed by atoms with Gasteiger partial charge in [-0.15, -0.1) is 0 Å². The number of benzene rings is 2. The number of carbonyl (C=O) groups excluding carboxylic acids is 1. The van der Waals surface area contributed by atoms with Crippen LogP contribution in [0.5, 0.6) is 0 Å². The third-order valence-electron chi connectivity index (χ3n) is 3.32. The van der Waals surface area contributed by atoms with Crippen LogP contribution in [0.1, 0.15) is 22.3 Å². The van der Waals surface area contributed by atoms with Gasteiger partial charge in [-0.1, -0.05) is 46.3 Å². The number of nitrogen functional groups attached to an aromatic ring is 1. The largest absolute Gasteiger partial charge is 0.399 e. The molecule has 1 amide bonds. The van der Waals surface area contributed by atoms with E-state index in [0.29, 0.717) is 11.3 Å². The van der Waals surface area contributed by atoms with Crippen molar-refractivity contribution in [2.75, 3.05) is 19.3 Å². The molecule has 2 N–H and O–H groups in total. The van der Waals surface area contributed by atoms with E-state index in [0.717, 1.165) is 23.9 Å². The predicted molar refractivity (Wildman–Crippen MR) is 90.3 cm³/mol. The van der Waals surface area contributed by atoms with Crippen molar-refractivity contribution in [3.05, 3.63) is 64.1 Å². The number of halogens is 1. The molecule has 2 aromatic carbocycles. The van der Waals surface area contributed by atoms with Crippen molar-refractivity contribution in [3.8, 4) is 0 Å². The number of carbonyl (C=O) groups is 1. The lowest BCUT2D eigenvalue weighted by molar-refractivity contribution is 0.0793. The number of rotatable bonds is 5. The molecule has 0 bridgehead atoms. The Hall–Kier alpha value is -1.81. The van der Waals surface area contributed by atoms with E-state index in [-0.39, 0.29) is 5.91 Å². The molecule has 0 unspecified atom stereocenters. The fourth-order valence-electron chi connectivity index (χ4n) is 2.22. The summed E-state index contributed by atoms with van der Waals surface area (Å²) in [6.07, 6.45) is 1.91. The average Bonchev–Trinajstić information content (AvgIpc) is 2.46. The minimum atomic E-state index is -0.00365. The van der Waals surface area contributed by atoms with Crippen molar-refractivity contribution < 1.29 is 4.79 Å². The van der Waals surface area contributed by atoms with Crippen LogP contribution in [-0.2, 0) is 6.42 Å². The normalized spacial score (nSPS) is 10.4. The number of hydrogen-bond acceptors (Lipinski definition) is 2. The molecule has 0 spiro atoms. The van der Waals surface area contributed by atoms with Gasteiger partial charge < -0.3 is 10.6 Å². The van der Waals surface area contributed by atoms with Crippen LogP contribution in [0.4, 0.5) is 5.69 Å². The quantitative estimate of drug-likeness (QED) is 0.838. The molecule has 0 aliphatic carbocycles. The molecule has 0 atom stereocenters. The van der Waals surface area contributed by atoms with Gasteiger partial charge in [-0.25, -0.2) is 0 Å². The van der Waals surface area contributed by atoms with E-state index in [2.05, 4.69) is 28.1 Å². The number of amides is 1. The van der Waals surface area contributed by atoms with E-state index in [4.69, 9.17) is 5.73 Å². The molecular weight excluding hydrogens is 328 g/mol. The second kappa shape index (κ2) is 7.27. The summed E-state index contributed by atoms with van der Waals surface area (Å²) in [7, 11) is 1.82. The van der Waals surface area contributed by atoms with Crippen molar-refractivity contribution in [3.63, 3.8) is 0 Å². The Morgan fingerprint density at radius 3 is 2.57 bits per heavy atom. The van der Waals surface area contributed by atoms with Crippen molar-refractivity contribution >= 4 is 27.5 Å². The van der Waals surface area contributed by atoms with Gasteiger partial charge in [0.2, 0.25) is 0 Å². The van der Waals surface area contributed by atoms with Gasteiger partial charge in [0.25, 0.3) is 5.91 Å². The average molecular weight is 347 g/mol. The van der Waals surface area contributed by atoms with Gasteiger partial charge in [0.15, 0.2) is 0 Å². The minimum Gasteiger partial charge on any atom is -0.399 e. The lowest BCUT2D eigenvalue weighted by Gasteiger charge is -2.17. The van der Waals surface area contributed by atoms with Crippen molar-refractivity contribution in [1.82, 2.24) is 4.90 Å². The lowest BCUT2D eigenvalue weighted by Crippen LogP contribution is -2.28. The Balaban J connectivity index is 1.90. The van der Waals surface area contributed by atoms with Gasteiger partial charge in [0.05, 0.1) is 0 Å². The maximum absolute atomic E-state index is 12.3. The molecule has 4 heteroatoms. The van der Waals surface area contributed by atoms with E-state index < -0.39 is 0 Å². The number of hydrogen-bond donors (Lipinski definition) is 1. The van der Waals surface area contributed by atoms with E-state index in [1.807, 2.05) is 25.2 Å². The second-order valence-corrected chi connectivity index (χ2v) is 6.00. The fourth-order valence-corrected chi connectivity index (χ4v) is 2.73. The fraction of sp³-hybridized carbons (Fsp3) is 0.235. The first-order chi connectivity index (χ1) is 10.1. The van der Waals surface area contributed by atoms with Crippen molar-refractivity contribution in [2.24, 2.45) is 0 Å². The summed E-state index contributed by atoms with van der Waals surface area (Å²) >= 11 is 3.36. The molecule has 2 aromatic rings. The Morgan fingerprint density at radius 2 is 1.90 bits per heavy atom. The Morgan fingerprint density at radius 1 is 1.19 bits per heavy atom. The van der Waals surface area contributed by atoms with Crippen LogP contribution in [0.15, 0.2) is 53.0 Å². The molecule has 0 aromatic heterocycles. The van der Waals surface area contributed by atoms with Gasteiger partial charge in [0, 0.05) is 29.3 Å². The van der Waals surface area contributed by atoms with Crippen molar-refractivity contribution in [2.45, 2.75) is 12.8 Å². The van der Waals surface area contributed by atoms with E-state index >= 15 is 0 Å². The number of nitrogens with two attached hydrogens (primary N) is 1. The highest BCUT2D eigenvalue weighted by atomic mass is 79.9. The van der Waals surface area contributed by atoms with Crippen LogP contribution in [0.2, 0.25) is 0 Å². The zero-order chi connectivity index (χ0) is 15.2. The summed E-state index contributed by atoms with van der Waals surface area (Å²) in [4.78, 5) is 14.1. The zero-order valence-corrected chi connectivity index (χ0v) is 13.6. The Bertz CT molecular complexity index is 593. The van der Waals surface area contributed by atoms with Crippen molar-refractivity contribution in [1.29, 1.82) is 0 Å². The molecule has 0 aliphatic heterocycles. The minimum absolute atomic E-state index is 0.00365. The molecule has 2 rings (SSSR count). The second-order valence-electron chi connectivity index (χ2n) is 5.09. The highest BCUT2D eigenvalue weighted by Crippen LogP contribution is 2.18. The third-order valence-corrected chi connectivity index (χ3v) is 3.77. The summed E-state index contributed by atoms with van der Waals surface area (Å²) < 4.78 is 0.823. The molecule has 0 aliphatic rings. The summed E-state index contributed by atoms with van der Waals surface area (Å²) in [6, 6.07) is 15.6. The number of nitrogens with zero attached hydrogens (tertiary/aromatic N) is 1. The highest BCUT2D eigenvalue weighted by Gasteiger charge is 2.12. The van der Waals surface area contributed by atoms with E-state index in [1.165, 1.54) is 5.56 Å². The van der Waals surface area contributed by atoms with Crippen LogP contribution < -0.4 is 5.73 Å². The molecule has 0 radical (unpaired) electrons. The summed E-state index contributed by atoms with van der Waals surface area (Å²) in [5.74, 6) is -0.00365. The number of aryl methyl sites for hydroxylation is 1. The maximum Gasteiger partial charge on any atom is 0.253 e.